The average molecular weight is 192 g/mol. The summed E-state index contributed by atoms with van der Waals surface area (Å²) < 4.78 is 5.47. The second-order valence-corrected chi connectivity index (χ2v) is 3.84. The van der Waals surface area contributed by atoms with Gasteiger partial charge in [-0.05, 0) is 31.9 Å². The molecule has 0 saturated carbocycles. The first-order valence-corrected chi connectivity index (χ1v) is 5.06. The van der Waals surface area contributed by atoms with E-state index in [0.717, 1.165) is 18.8 Å². The molecule has 2 rings (SSSR count). The summed E-state index contributed by atoms with van der Waals surface area (Å²) in [4.78, 5) is 4.31. The Morgan fingerprint density at radius 3 is 2.93 bits per heavy atom. The van der Waals surface area contributed by atoms with Crippen molar-refractivity contribution in [3.8, 4) is 0 Å². The number of ether oxygens (including phenoxy) is 1. The molecule has 14 heavy (non-hydrogen) atoms. The number of aryl methyl sites for hydroxylation is 1. The molecule has 1 aromatic heterocycles. The Morgan fingerprint density at radius 1 is 1.50 bits per heavy atom. The zero-order valence-electron chi connectivity index (χ0n) is 8.66. The Morgan fingerprint density at radius 2 is 2.36 bits per heavy atom. The quantitative estimate of drug-likeness (QED) is 0.778. The van der Waals surface area contributed by atoms with Crippen LogP contribution in [0, 0.1) is 6.92 Å². The van der Waals surface area contributed by atoms with Gasteiger partial charge in [0, 0.05) is 12.8 Å². The maximum absolute atomic E-state index is 5.47. The number of nitrogens with zero attached hydrogens (tertiary/aromatic N) is 1. The van der Waals surface area contributed by atoms with Gasteiger partial charge in [0.2, 0.25) is 0 Å². The van der Waals surface area contributed by atoms with Gasteiger partial charge in [-0.25, -0.2) is 4.98 Å². The summed E-state index contributed by atoms with van der Waals surface area (Å²) in [5.41, 5.74) is 1.19. The highest BCUT2D eigenvalue weighted by molar-refractivity contribution is 5.36. The molecular formula is C11H16N2O. The Kier molecular flexibility index (Phi) is 2.68. The van der Waals surface area contributed by atoms with Crippen LogP contribution >= 0.6 is 0 Å². The first-order valence-electron chi connectivity index (χ1n) is 5.06. The lowest BCUT2D eigenvalue weighted by Crippen LogP contribution is -2.27. The molecule has 2 heterocycles. The smallest absolute Gasteiger partial charge is 0.126 e. The highest BCUT2D eigenvalue weighted by atomic mass is 16.5. The standard InChI is InChI=1S/C11H16N2O/c1-8-3-4-11(12-7-8)13-10-5-6-14-9(10)2/h3-4,7,9-10H,5-6H2,1-2H3,(H,12,13)/t9-,10-/m1/s1. The molecule has 2 atom stereocenters. The van der Waals surface area contributed by atoms with Gasteiger partial charge >= 0.3 is 0 Å². The van der Waals surface area contributed by atoms with Crippen LogP contribution < -0.4 is 5.32 Å². The summed E-state index contributed by atoms with van der Waals surface area (Å²) >= 11 is 0. The first kappa shape index (κ1) is 9.46. The van der Waals surface area contributed by atoms with Crippen LogP contribution in [0.15, 0.2) is 18.3 Å². The molecule has 0 radical (unpaired) electrons. The zero-order valence-corrected chi connectivity index (χ0v) is 8.66. The zero-order chi connectivity index (χ0) is 9.97. The number of anilines is 1. The number of aromatic nitrogens is 1. The van der Waals surface area contributed by atoms with Gasteiger partial charge in [-0.3, -0.25) is 0 Å². The van der Waals surface area contributed by atoms with E-state index in [9.17, 15) is 0 Å². The second kappa shape index (κ2) is 3.96. The molecule has 0 aromatic carbocycles. The van der Waals surface area contributed by atoms with E-state index in [0.29, 0.717) is 6.04 Å². The van der Waals surface area contributed by atoms with Gasteiger partial charge in [-0.2, -0.15) is 0 Å². The third-order valence-corrected chi connectivity index (χ3v) is 2.62. The van der Waals surface area contributed by atoms with E-state index in [1.165, 1.54) is 5.56 Å². The third-order valence-electron chi connectivity index (χ3n) is 2.62. The molecule has 1 saturated heterocycles. The van der Waals surface area contributed by atoms with Crippen molar-refractivity contribution in [1.29, 1.82) is 0 Å². The van der Waals surface area contributed by atoms with Gasteiger partial charge in [0.25, 0.3) is 0 Å². The molecule has 0 unspecified atom stereocenters. The summed E-state index contributed by atoms with van der Waals surface area (Å²) in [7, 11) is 0. The average Bonchev–Trinajstić information content (AvgIpc) is 2.56. The van der Waals surface area contributed by atoms with Crippen molar-refractivity contribution >= 4 is 5.82 Å². The van der Waals surface area contributed by atoms with E-state index in [4.69, 9.17) is 4.74 Å². The van der Waals surface area contributed by atoms with Gasteiger partial charge in [-0.1, -0.05) is 6.07 Å². The highest BCUT2D eigenvalue weighted by Gasteiger charge is 2.23. The third kappa shape index (κ3) is 2.04. The van der Waals surface area contributed by atoms with Crippen molar-refractivity contribution in [2.75, 3.05) is 11.9 Å². The van der Waals surface area contributed by atoms with Gasteiger partial charge in [0.05, 0.1) is 12.1 Å². The normalized spacial score (nSPS) is 26.4. The highest BCUT2D eigenvalue weighted by Crippen LogP contribution is 2.17. The molecule has 76 valence electrons. The topological polar surface area (TPSA) is 34.1 Å². The fourth-order valence-corrected chi connectivity index (χ4v) is 1.66. The molecule has 1 aromatic rings. The number of nitrogens with one attached hydrogen (secondary N) is 1. The summed E-state index contributed by atoms with van der Waals surface area (Å²) in [6.07, 6.45) is 3.23. The van der Waals surface area contributed by atoms with Gasteiger partial charge in [-0.15, -0.1) is 0 Å². The van der Waals surface area contributed by atoms with Crippen LogP contribution in [0.2, 0.25) is 0 Å². The van der Waals surface area contributed by atoms with E-state index in [2.05, 4.69) is 23.3 Å². The largest absolute Gasteiger partial charge is 0.376 e. The van der Waals surface area contributed by atoms with E-state index in [1.807, 2.05) is 19.2 Å². The molecule has 0 spiro atoms. The van der Waals surface area contributed by atoms with Crippen LogP contribution in [0.25, 0.3) is 0 Å². The van der Waals surface area contributed by atoms with E-state index in [1.54, 1.807) is 0 Å². The minimum Gasteiger partial charge on any atom is -0.376 e. The Balaban J connectivity index is 2.00. The van der Waals surface area contributed by atoms with Crippen molar-refractivity contribution in [1.82, 2.24) is 4.98 Å². The number of rotatable bonds is 2. The van der Waals surface area contributed by atoms with Crippen molar-refractivity contribution in [2.45, 2.75) is 32.4 Å². The van der Waals surface area contributed by atoms with Gasteiger partial charge in [0.1, 0.15) is 5.82 Å². The Bertz CT molecular complexity index is 297. The predicted octanol–water partition coefficient (Wildman–Crippen LogP) is 1.98. The van der Waals surface area contributed by atoms with Crippen LogP contribution in [-0.2, 0) is 4.74 Å². The van der Waals surface area contributed by atoms with Crippen LogP contribution in [0.4, 0.5) is 5.82 Å². The molecule has 1 aliphatic heterocycles. The van der Waals surface area contributed by atoms with Crippen LogP contribution in [0.5, 0.6) is 0 Å². The summed E-state index contributed by atoms with van der Waals surface area (Å²) in [5, 5.41) is 3.38. The maximum Gasteiger partial charge on any atom is 0.126 e. The van der Waals surface area contributed by atoms with Gasteiger partial charge in [0.15, 0.2) is 0 Å². The molecule has 3 heteroatoms. The number of hydrogen-bond acceptors (Lipinski definition) is 3. The minimum absolute atomic E-state index is 0.290. The Labute approximate surface area is 84.5 Å². The molecule has 3 nitrogen and oxygen atoms in total. The molecule has 1 fully saturated rings. The minimum atomic E-state index is 0.290. The molecule has 1 N–H and O–H groups in total. The summed E-state index contributed by atoms with van der Waals surface area (Å²) in [6, 6.07) is 4.49. The molecule has 0 aliphatic carbocycles. The summed E-state index contributed by atoms with van der Waals surface area (Å²) in [5.74, 6) is 0.943. The van der Waals surface area contributed by atoms with Crippen molar-refractivity contribution in [3.05, 3.63) is 23.9 Å². The fourth-order valence-electron chi connectivity index (χ4n) is 1.66. The molecule has 1 aliphatic rings. The molecule has 0 bridgehead atoms. The van der Waals surface area contributed by atoms with E-state index < -0.39 is 0 Å². The SMILES string of the molecule is Cc1ccc(N[C@@H]2CCO[C@@H]2C)nc1. The lowest BCUT2D eigenvalue weighted by atomic mass is 10.1. The van der Waals surface area contributed by atoms with E-state index in [-0.39, 0.29) is 6.10 Å². The van der Waals surface area contributed by atoms with Crippen molar-refractivity contribution < 1.29 is 4.74 Å². The molecule has 0 amide bonds. The molecular weight excluding hydrogens is 176 g/mol. The van der Waals surface area contributed by atoms with Crippen LogP contribution in [-0.4, -0.2) is 23.7 Å². The first-order chi connectivity index (χ1) is 6.75. The lowest BCUT2D eigenvalue weighted by Gasteiger charge is -2.16. The maximum atomic E-state index is 5.47. The van der Waals surface area contributed by atoms with Crippen LogP contribution in [0.1, 0.15) is 18.9 Å². The van der Waals surface area contributed by atoms with E-state index >= 15 is 0 Å². The lowest BCUT2D eigenvalue weighted by molar-refractivity contribution is 0.121. The van der Waals surface area contributed by atoms with Gasteiger partial charge < -0.3 is 10.1 Å². The second-order valence-electron chi connectivity index (χ2n) is 3.84. The Hall–Kier alpha value is -1.09. The van der Waals surface area contributed by atoms with Crippen LogP contribution in [0.3, 0.4) is 0 Å². The number of pyridine rings is 1. The van der Waals surface area contributed by atoms with Crippen molar-refractivity contribution in [2.24, 2.45) is 0 Å². The fraction of sp³-hybridized carbons (Fsp3) is 0.545. The summed E-state index contributed by atoms with van der Waals surface area (Å²) in [6.45, 7) is 4.99. The predicted molar refractivity (Wildman–Crippen MR) is 56.4 cm³/mol. The monoisotopic (exact) mass is 192 g/mol. The number of hydrogen-bond donors (Lipinski definition) is 1. The van der Waals surface area contributed by atoms with Crippen molar-refractivity contribution in [3.63, 3.8) is 0 Å².